The van der Waals surface area contributed by atoms with Crippen molar-refractivity contribution in [3.63, 3.8) is 0 Å². The Morgan fingerprint density at radius 1 is 0.791 bits per heavy atom. The number of aliphatic imine (C=N–C) groups is 2. The van der Waals surface area contributed by atoms with Crippen LogP contribution in [0.4, 0.5) is 24.1 Å². The normalized spacial score (nSPS) is 24.7. The van der Waals surface area contributed by atoms with Crippen molar-refractivity contribution >= 4 is 209 Å². The third kappa shape index (κ3) is 16.0. The van der Waals surface area contributed by atoms with Crippen molar-refractivity contribution in [1.82, 2.24) is 19.2 Å². The maximum absolute atomic E-state index is 14.7. The molecule has 6 rings (SSSR count). The summed E-state index contributed by atoms with van der Waals surface area (Å²) >= 11 is 21.0. The first-order valence-electron chi connectivity index (χ1n) is 18.6. The first kappa shape index (κ1) is 63.4. The molecule has 0 bridgehead atoms. The molecule has 4 aliphatic rings. The van der Waals surface area contributed by atoms with Crippen molar-refractivity contribution in [2.75, 3.05) is 33.0 Å². The van der Waals surface area contributed by atoms with E-state index in [9.17, 15) is 35.2 Å². The second-order valence-corrected chi connectivity index (χ2v) is 232. The molecule has 2 amide bonds. The molecule has 0 aromatic heterocycles. The van der Waals surface area contributed by atoms with E-state index >= 15 is 0 Å². The number of benzene rings is 2. The van der Waals surface area contributed by atoms with E-state index in [1.165, 1.54) is 44.4 Å². The number of nitrogens with two attached hydrogens (primary N) is 1. The number of fused-ring (bicyclic) bond motifs is 2. The fourth-order valence-electron chi connectivity index (χ4n) is 6.51. The number of hydrogen-bond acceptors (Lipinski definition) is 13. The fourth-order valence-corrected chi connectivity index (χ4v) is 1060. The van der Waals surface area contributed by atoms with Crippen LogP contribution in [0.2, 0.25) is 0 Å². The molecule has 2 unspecified atom stereocenters. The van der Waals surface area contributed by atoms with E-state index in [1.807, 2.05) is 0 Å². The number of nitrogens with zero attached hydrogens (tertiary/aromatic N) is 4. The van der Waals surface area contributed by atoms with Crippen LogP contribution in [0.15, 0.2) is 50.9 Å². The number of nitrogens with one attached hydrogen (secondary N) is 2. The Morgan fingerprint density at radius 3 is 1.58 bits per heavy atom. The molecule has 0 spiro atoms. The van der Waals surface area contributed by atoms with Crippen LogP contribution >= 0.6 is 159 Å². The van der Waals surface area contributed by atoms with Crippen LogP contribution in [-0.2, 0) is 50.1 Å². The van der Waals surface area contributed by atoms with Gasteiger partial charge < -0.3 is 24.7 Å². The molecule has 4 N–H and O–H groups in total. The van der Waals surface area contributed by atoms with Gasteiger partial charge in [-0.25, -0.2) is 53.8 Å². The third-order valence-electron chi connectivity index (χ3n) is 9.16. The van der Waals surface area contributed by atoms with Gasteiger partial charge in [0.25, 0.3) is 20.0 Å². The maximum atomic E-state index is 14.7. The first-order valence-corrected chi connectivity index (χ1v) is 85.2. The van der Waals surface area contributed by atoms with Crippen molar-refractivity contribution < 1.29 is 67.4 Å². The Morgan fingerprint density at radius 2 is 1.19 bits per heavy atom. The van der Waals surface area contributed by atoms with Gasteiger partial charge in [-0.1, -0.05) is 15.9 Å². The number of nitrogen functional groups attached to an aromatic ring is 1. The van der Waals surface area contributed by atoms with E-state index in [0.29, 0.717) is 17.7 Å². The van der Waals surface area contributed by atoms with Gasteiger partial charge in [0.05, 0.1) is 13.2 Å². The van der Waals surface area contributed by atoms with Crippen LogP contribution in [0.1, 0.15) is 65.5 Å². The Balaban J connectivity index is 0.000000240. The van der Waals surface area contributed by atoms with Gasteiger partial charge in [0.1, 0.15) is 33.9 Å². The number of sulfonamides is 2. The van der Waals surface area contributed by atoms with Crippen molar-refractivity contribution in [1.29, 1.82) is 0 Å². The van der Waals surface area contributed by atoms with Crippen LogP contribution in [0.5, 0.6) is 0 Å². The molecule has 2 fully saturated rings. The molecule has 0 aliphatic carbocycles. The number of carbonyl (C=O) groups excluding carboxylic acids is 2. The number of hydrogen-bond donors (Lipinski definition) is 3. The van der Waals surface area contributed by atoms with Crippen LogP contribution < -0.4 is 29.6 Å². The quantitative estimate of drug-likeness (QED) is 0.182. The minimum absolute atomic E-state index is 0.00448. The second-order valence-electron chi connectivity index (χ2n) is 16.0. The third-order valence-corrected chi connectivity index (χ3v) is 592. The number of rotatable bonds is 6. The van der Waals surface area contributed by atoms with Gasteiger partial charge in [0.2, 0.25) is 22.8 Å². The molecule has 386 valence electrons. The molecule has 4 heterocycles. The van der Waals surface area contributed by atoms with Crippen molar-refractivity contribution in [3.8, 4) is 0 Å². The summed E-state index contributed by atoms with van der Waals surface area (Å²) in [5.41, 5.74) is -1.42. The molecule has 33 heteroatoms. The van der Waals surface area contributed by atoms with E-state index in [1.54, 1.807) is 41.5 Å². The summed E-state index contributed by atoms with van der Waals surface area (Å²) in [6, 6.07) is 8.07. The predicted octanol–water partition coefficient (Wildman–Crippen LogP) is 10.1. The summed E-state index contributed by atoms with van der Waals surface area (Å²) < 4.78 is 105. The van der Waals surface area contributed by atoms with Gasteiger partial charge in [-0.3, -0.25) is 10.6 Å². The molecular formula is C34H44BrF2I11N7O10S2-. The summed E-state index contributed by atoms with van der Waals surface area (Å²) in [4.78, 5) is 33.3. The molecule has 0 radical (unpaired) electrons. The number of ether oxygens (including phenoxy) is 4. The van der Waals surface area contributed by atoms with Crippen molar-refractivity contribution in [2.45, 2.75) is 87.5 Å². The summed E-state index contributed by atoms with van der Waals surface area (Å²) in [5.74, 6) is -1.81. The van der Waals surface area contributed by atoms with Gasteiger partial charge in [-0.2, -0.15) is 0 Å². The van der Waals surface area contributed by atoms with Gasteiger partial charge in [0.15, 0.2) is 0 Å². The number of guanidine groups is 2. The molecular weight excluding hydrogens is 2240 g/mol. The predicted molar refractivity (Wildman–Crippen MR) is 344 cm³/mol. The molecule has 67 heavy (non-hydrogen) atoms. The summed E-state index contributed by atoms with van der Waals surface area (Å²) in [7, 11) is -6.88. The van der Waals surface area contributed by atoms with Gasteiger partial charge in [-0.15, -0.1) is 0 Å². The number of alkyl carbamates (subject to hydrolysis) is 2. The minimum atomic E-state index is -4.11. The van der Waals surface area contributed by atoms with E-state index in [-0.39, 0.29) is 86.4 Å². The molecule has 4 aliphatic heterocycles. The monoisotopic (exact) mass is 2290 g/mol. The van der Waals surface area contributed by atoms with Crippen molar-refractivity contribution in [2.24, 2.45) is 9.98 Å². The molecule has 2 aromatic rings. The van der Waals surface area contributed by atoms with Gasteiger partial charge >= 0.3 is 169 Å². The Bertz CT molecular complexity index is 2310. The molecule has 17 nitrogen and oxygen atoms in total. The topological polar surface area (TPSA) is 221 Å². The number of anilines is 1. The zero-order valence-corrected chi connectivity index (χ0v) is 63.0. The van der Waals surface area contributed by atoms with Crippen molar-refractivity contribution in [3.05, 3.63) is 63.6 Å². The summed E-state index contributed by atoms with van der Waals surface area (Å²) in [6.45, 7) is 10.2. The summed E-state index contributed by atoms with van der Waals surface area (Å²) in [6.07, 6.45) is -1.51. The average Bonchev–Trinajstić information content (AvgIpc) is 3.86. The van der Waals surface area contributed by atoms with Crippen LogP contribution in [0, 0.1) is 11.6 Å². The van der Waals surface area contributed by atoms with E-state index in [0.717, 1.165) is 14.7 Å². The number of amides is 2. The SMILES string of the molecule is CN1C(NC(=O)OC(C)(C)C)=N[C@@]2(c3cc(Br)ccc3F)CCOC2S1(=O)=O.CN1C(NC(=O)OC(C)(C)C)=N[C@@]2(c3cc(N)ccc3F)CCOC2S1(=O)=O.I[I-]I(I)I(I)I(I)I(I)I. The van der Waals surface area contributed by atoms with E-state index < -0.39 is 77.0 Å². The standard InChI is InChI=1S/C17H21BrFN3O5S.C17H23FN4O5S.I11/c1-16(2,3)27-15(23)20-14-21-17(11-9-10(18)5-6-12(11)19)7-8-26-13(17)28(24,25)22(14)4;1-16(2,3)27-15(23)20-14-21-17(11-9-10(19)5-6-12(11)18)7-8-26-13(17)28(24,25)22(14)4;1-7-9(4)11(6)10(5)8(2)3/h5-6,9,13H,7-8H2,1-4H3,(H,20,21,23);5-6,9,13H,7-8,19H2,1-4H3,(H,20,21,23);/q;;-1/t2*13?,17-;/m11./s1. The molecule has 0 saturated carbocycles. The number of carbonyl (C=O) groups is 2. The van der Waals surface area contributed by atoms with E-state index in [4.69, 9.17) is 24.7 Å². The van der Waals surface area contributed by atoms with Gasteiger partial charge in [-0.05, 0) is 77.9 Å². The van der Waals surface area contributed by atoms with Crippen LogP contribution in [0.25, 0.3) is 0 Å². The molecule has 4 atom stereocenters. The first-order chi connectivity index (χ1) is 30.7. The Kier molecular flexibility index (Phi) is 24.7. The zero-order valence-electron chi connectivity index (χ0n) is 36.0. The Hall–Kier alpha value is 3.91. The average molecular weight is 2290 g/mol. The number of halogens is 14. The fraction of sp³-hybridized carbons (Fsp3) is 0.529. The molecule has 2 aromatic carbocycles. The van der Waals surface area contributed by atoms with Crippen LogP contribution in [-0.4, -0.2) is 98.9 Å². The molecule has 2 saturated heterocycles. The Labute approximate surface area is 479 Å². The van der Waals surface area contributed by atoms with Crippen LogP contribution in [0.3, 0.4) is 0 Å². The van der Waals surface area contributed by atoms with E-state index in [2.05, 4.69) is 148 Å². The zero-order chi connectivity index (χ0) is 50.8. The van der Waals surface area contributed by atoms with Gasteiger partial charge in [0, 0.05) is 48.2 Å². The summed E-state index contributed by atoms with van der Waals surface area (Å²) in [5, 5.41) is 4.72. The second kappa shape index (κ2) is 26.0.